The topological polar surface area (TPSA) is 75.9 Å². The van der Waals surface area contributed by atoms with Crippen LogP contribution >= 0.6 is 0 Å². The molecule has 21 heavy (non-hydrogen) atoms. The molecule has 2 aromatic rings. The zero-order valence-corrected chi connectivity index (χ0v) is 12.5. The lowest BCUT2D eigenvalue weighted by Gasteiger charge is -2.26. The molecule has 0 spiro atoms. The lowest BCUT2D eigenvalue weighted by atomic mass is 9.83. The molecule has 1 aliphatic rings. The van der Waals surface area contributed by atoms with Gasteiger partial charge in [0.1, 0.15) is 5.82 Å². The summed E-state index contributed by atoms with van der Waals surface area (Å²) in [4.78, 5) is 8.83. The minimum atomic E-state index is 0.452. The Morgan fingerprint density at radius 1 is 1.14 bits per heavy atom. The first kappa shape index (κ1) is 14.1. The molecule has 4 N–H and O–H groups in total. The Morgan fingerprint density at radius 2 is 1.90 bits per heavy atom. The Labute approximate surface area is 125 Å². The van der Waals surface area contributed by atoms with Gasteiger partial charge in [0.25, 0.3) is 0 Å². The third-order valence-electron chi connectivity index (χ3n) is 4.43. The van der Waals surface area contributed by atoms with E-state index in [1.165, 1.54) is 25.7 Å². The summed E-state index contributed by atoms with van der Waals surface area (Å²) in [7, 11) is 0. The van der Waals surface area contributed by atoms with Crippen LogP contribution in [0.3, 0.4) is 0 Å². The van der Waals surface area contributed by atoms with Gasteiger partial charge in [-0.3, -0.25) is 5.43 Å². The van der Waals surface area contributed by atoms with E-state index in [0.29, 0.717) is 5.95 Å². The number of nitrogens with two attached hydrogens (primary N) is 1. The number of nitrogens with zero attached hydrogens (tertiary/aromatic N) is 2. The number of para-hydroxylation sites is 1. The normalized spacial score (nSPS) is 22.2. The number of rotatable bonds is 4. The van der Waals surface area contributed by atoms with E-state index in [4.69, 9.17) is 5.84 Å². The van der Waals surface area contributed by atoms with Gasteiger partial charge in [0.2, 0.25) is 5.95 Å². The molecule has 0 bridgehead atoms. The van der Waals surface area contributed by atoms with Crippen LogP contribution in [0.5, 0.6) is 0 Å². The molecular formula is C16H23N5. The summed E-state index contributed by atoms with van der Waals surface area (Å²) in [5.74, 6) is 8.40. The first-order valence-electron chi connectivity index (χ1n) is 7.73. The second-order valence-corrected chi connectivity index (χ2v) is 6.06. The van der Waals surface area contributed by atoms with Crippen molar-refractivity contribution in [2.45, 2.75) is 32.6 Å². The summed E-state index contributed by atoms with van der Waals surface area (Å²) in [6, 6.07) is 8.00. The van der Waals surface area contributed by atoms with E-state index in [0.717, 1.165) is 35.1 Å². The molecule has 5 nitrogen and oxygen atoms in total. The first-order valence-corrected chi connectivity index (χ1v) is 7.73. The van der Waals surface area contributed by atoms with Crippen LogP contribution in [0.1, 0.15) is 32.6 Å². The number of nitrogen functional groups attached to an aromatic ring is 1. The Bertz CT molecular complexity index is 605. The van der Waals surface area contributed by atoms with Crippen LogP contribution in [0.15, 0.2) is 24.3 Å². The van der Waals surface area contributed by atoms with Crippen molar-refractivity contribution >= 4 is 22.7 Å². The van der Waals surface area contributed by atoms with Crippen LogP contribution in [0.4, 0.5) is 11.8 Å². The van der Waals surface area contributed by atoms with Crippen molar-refractivity contribution in [2.24, 2.45) is 17.7 Å². The Kier molecular flexibility index (Phi) is 4.20. The second kappa shape index (κ2) is 6.26. The van der Waals surface area contributed by atoms with Crippen molar-refractivity contribution in [3.63, 3.8) is 0 Å². The number of anilines is 2. The molecular weight excluding hydrogens is 262 g/mol. The molecule has 0 atom stereocenters. The van der Waals surface area contributed by atoms with Crippen molar-refractivity contribution in [2.75, 3.05) is 17.3 Å². The smallest absolute Gasteiger partial charge is 0.239 e. The van der Waals surface area contributed by atoms with Crippen LogP contribution < -0.4 is 16.6 Å². The van der Waals surface area contributed by atoms with Crippen LogP contribution in [-0.4, -0.2) is 16.5 Å². The van der Waals surface area contributed by atoms with Gasteiger partial charge in [-0.2, -0.15) is 4.98 Å². The van der Waals surface area contributed by atoms with Crippen LogP contribution in [0, 0.1) is 11.8 Å². The molecule has 0 aliphatic heterocycles. The third kappa shape index (κ3) is 3.24. The van der Waals surface area contributed by atoms with Crippen molar-refractivity contribution in [3.8, 4) is 0 Å². The maximum absolute atomic E-state index is 5.46. The fourth-order valence-electron chi connectivity index (χ4n) is 3.05. The first-order chi connectivity index (χ1) is 10.3. The minimum Gasteiger partial charge on any atom is -0.369 e. The van der Waals surface area contributed by atoms with E-state index < -0.39 is 0 Å². The molecule has 0 unspecified atom stereocenters. The molecule has 0 saturated heterocycles. The number of hydrogen-bond donors (Lipinski definition) is 3. The number of hydrogen-bond acceptors (Lipinski definition) is 5. The maximum Gasteiger partial charge on any atom is 0.239 e. The highest BCUT2D eigenvalue weighted by molar-refractivity contribution is 5.89. The fourth-order valence-corrected chi connectivity index (χ4v) is 3.05. The lowest BCUT2D eigenvalue weighted by Crippen LogP contribution is -2.21. The zero-order chi connectivity index (χ0) is 14.7. The van der Waals surface area contributed by atoms with Crippen molar-refractivity contribution in [1.29, 1.82) is 0 Å². The van der Waals surface area contributed by atoms with E-state index in [9.17, 15) is 0 Å². The van der Waals surface area contributed by atoms with E-state index in [-0.39, 0.29) is 0 Å². The summed E-state index contributed by atoms with van der Waals surface area (Å²) in [6.45, 7) is 3.32. The van der Waals surface area contributed by atoms with Gasteiger partial charge < -0.3 is 5.32 Å². The number of aromatic nitrogens is 2. The van der Waals surface area contributed by atoms with E-state index in [1.807, 2.05) is 24.3 Å². The predicted octanol–water partition coefficient (Wildman–Crippen LogP) is 3.15. The summed E-state index contributed by atoms with van der Waals surface area (Å²) >= 11 is 0. The summed E-state index contributed by atoms with van der Waals surface area (Å²) < 4.78 is 0. The Balaban J connectivity index is 1.76. The standard InChI is InChI=1S/C16H23N5/c1-11-6-8-12(9-7-11)10-18-15-13-4-2-3-5-14(13)19-16(20-15)21-17/h2-5,11-12H,6-10,17H2,1H3,(H2,18,19,20,21). The molecule has 3 rings (SSSR count). The summed E-state index contributed by atoms with van der Waals surface area (Å²) in [6.07, 6.45) is 5.29. The highest BCUT2D eigenvalue weighted by atomic mass is 15.3. The highest BCUT2D eigenvalue weighted by Gasteiger charge is 2.18. The van der Waals surface area contributed by atoms with E-state index in [1.54, 1.807) is 0 Å². The number of fused-ring (bicyclic) bond motifs is 1. The van der Waals surface area contributed by atoms with Crippen molar-refractivity contribution in [3.05, 3.63) is 24.3 Å². The number of benzene rings is 1. The molecule has 5 heteroatoms. The van der Waals surface area contributed by atoms with Crippen LogP contribution in [0.2, 0.25) is 0 Å². The number of hydrazine groups is 1. The van der Waals surface area contributed by atoms with Crippen molar-refractivity contribution < 1.29 is 0 Å². The minimum absolute atomic E-state index is 0.452. The van der Waals surface area contributed by atoms with Crippen LogP contribution in [0.25, 0.3) is 10.9 Å². The van der Waals surface area contributed by atoms with Gasteiger partial charge in [0.05, 0.1) is 5.52 Å². The monoisotopic (exact) mass is 285 g/mol. The quantitative estimate of drug-likeness (QED) is 0.594. The Morgan fingerprint density at radius 3 is 2.67 bits per heavy atom. The third-order valence-corrected chi connectivity index (χ3v) is 4.43. The summed E-state index contributed by atoms with van der Waals surface area (Å²) in [5, 5.41) is 4.54. The largest absolute Gasteiger partial charge is 0.369 e. The van der Waals surface area contributed by atoms with Gasteiger partial charge in [0.15, 0.2) is 0 Å². The SMILES string of the molecule is CC1CCC(CNc2nc(NN)nc3ccccc23)CC1. The molecule has 1 aromatic carbocycles. The van der Waals surface area contributed by atoms with Gasteiger partial charge in [-0.05, 0) is 36.8 Å². The van der Waals surface area contributed by atoms with Crippen LogP contribution in [-0.2, 0) is 0 Å². The molecule has 0 amide bonds. The van der Waals surface area contributed by atoms with Gasteiger partial charge in [-0.15, -0.1) is 0 Å². The second-order valence-electron chi connectivity index (χ2n) is 6.06. The van der Waals surface area contributed by atoms with Gasteiger partial charge in [-0.1, -0.05) is 31.9 Å². The summed E-state index contributed by atoms with van der Waals surface area (Å²) in [5.41, 5.74) is 3.44. The molecule has 1 fully saturated rings. The van der Waals surface area contributed by atoms with Gasteiger partial charge in [0, 0.05) is 11.9 Å². The maximum atomic E-state index is 5.46. The molecule has 0 radical (unpaired) electrons. The highest BCUT2D eigenvalue weighted by Crippen LogP contribution is 2.29. The van der Waals surface area contributed by atoms with Crippen molar-refractivity contribution in [1.82, 2.24) is 9.97 Å². The average Bonchev–Trinajstić information content (AvgIpc) is 2.53. The van der Waals surface area contributed by atoms with Gasteiger partial charge >= 0.3 is 0 Å². The van der Waals surface area contributed by atoms with Gasteiger partial charge in [-0.25, -0.2) is 10.8 Å². The van der Waals surface area contributed by atoms with E-state index >= 15 is 0 Å². The molecule has 1 saturated carbocycles. The average molecular weight is 285 g/mol. The molecule has 1 aliphatic carbocycles. The fraction of sp³-hybridized carbons (Fsp3) is 0.500. The molecule has 112 valence electrons. The predicted molar refractivity (Wildman–Crippen MR) is 87.0 cm³/mol. The van der Waals surface area contributed by atoms with E-state index in [2.05, 4.69) is 27.6 Å². The lowest BCUT2D eigenvalue weighted by molar-refractivity contribution is 0.300. The number of nitrogens with one attached hydrogen (secondary N) is 2. The molecule has 1 heterocycles. The molecule has 1 aromatic heterocycles. The zero-order valence-electron chi connectivity index (χ0n) is 12.5. The Hall–Kier alpha value is -1.88.